The molecule has 1 heterocycles. The van der Waals surface area contributed by atoms with Crippen LogP contribution in [-0.4, -0.2) is 27.9 Å². The second-order valence-electron chi connectivity index (χ2n) is 4.44. The highest BCUT2D eigenvalue weighted by atomic mass is 32.3. The molecule has 0 spiro atoms. The Kier molecular flexibility index (Phi) is 3.38. The molecule has 0 saturated carbocycles. The van der Waals surface area contributed by atoms with Crippen LogP contribution < -0.4 is 0 Å². The standard InChI is InChI=1S/C10H18N2O2S/c1-10(2,3)8-6-7-11-9(12-8)15(5,13)14-4/h6-7,13H,1-5H3. The summed E-state index contributed by atoms with van der Waals surface area (Å²) in [6, 6.07) is 1.86. The Morgan fingerprint density at radius 3 is 2.47 bits per heavy atom. The van der Waals surface area contributed by atoms with Crippen LogP contribution in [0.3, 0.4) is 0 Å². The van der Waals surface area contributed by atoms with Crippen molar-refractivity contribution in [1.29, 1.82) is 0 Å². The van der Waals surface area contributed by atoms with E-state index in [4.69, 9.17) is 4.18 Å². The lowest BCUT2D eigenvalue weighted by molar-refractivity contribution is 0.393. The highest BCUT2D eigenvalue weighted by Gasteiger charge is 2.20. The molecule has 0 aromatic carbocycles. The van der Waals surface area contributed by atoms with E-state index in [1.807, 2.05) is 6.07 Å². The maximum Gasteiger partial charge on any atom is 0.241 e. The summed E-state index contributed by atoms with van der Waals surface area (Å²) in [5.41, 5.74) is 0.846. The molecule has 0 aliphatic heterocycles. The van der Waals surface area contributed by atoms with E-state index >= 15 is 0 Å². The Bertz CT molecular complexity index is 348. The molecule has 1 atom stereocenters. The van der Waals surface area contributed by atoms with Crippen LogP contribution in [0.2, 0.25) is 0 Å². The van der Waals surface area contributed by atoms with Gasteiger partial charge in [0.2, 0.25) is 5.16 Å². The van der Waals surface area contributed by atoms with Crippen molar-refractivity contribution in [2.45, 2.75) is 31.3 Å². The van der Waals surface area contributed by atoms with Gasteiger partial charge in [0.15, 0.2) is 0 Å². The molecule has 0 aliphatic carbocycles. The van der Waals surface area contributed by atoms with Crippen molar-refractivity contribution in [2.24, 2.45) is 0 Å². The largest absolute Gasteiger partial charge is 0.292 e. The van der Waals surface area contributed by atoms with Gasteiger partial charge >= 0.3 is 0 Å². The van der Waals surface area contributed by atoms with Gasteiger partial charge in [-0.25, -0.2) is 9.97 Å². The number of nitrogens with zero attached hydrogens (tertiary/aromatic N) is 2. The van der Waals surface area contributed by atoms with E-state index in [9.17, 15) is 4.55 Å². The Morgan fingerprint density at radius 2 is 2.00 bits per heavy atom. The Morgan fingerprint density at radius 1 is 1.40 bits per heavy atom. The molecule has 0 aliphatic rings. The second kappa shape index (κ2) is 4.08. The molecule has 86 valence electrons. The van der Waals surface area contributed by atoms with Crippen LogP contribution in [0.1, 0.15) is 26.5 Å². The summed E-state index contributed by atoms with van der Waals surface area (Å²) in [6.07, 6.45) is 3.26. The van der Waals surface area contributed by atoms with E-state index in [1.54, 1.807) is 12.5 Å². The summed E-state index contributed by atoms with van der Waals surface area (Å²) in [7, 11) is -0.842. The van der Waals surface area contributed by atoms with E-state index in [-0.39, 0.29) is 5.41 Å². The van der Waals surface area contributed by atoms with Gasteiger partial charge in [-0.15, -0.1) is 10.6 Å². The van der Waals surface area contributed by atoms with Crippen molar-refractivity contribution in [1.82, 2.24) is 9.97 Å². The first-order valence-corrected chi connectivity index (χ1v) is 6.59. The van der Waals surface area contributed by atoms with Crippen LogP contribution in [0.4, 0.5) is 0 Å². The van der Waals surface area contributed by atoms with Crippen molar-refractivity contribution in [3.8, 4) is 0 Å². The number of hydrogen-bond donors (Lipinski definition) is 1. The summed E-state index contributed by atoms with van der Waals surface area (Å²) in [5.74, 6) is 0. The molecule has 15 heavy (non-hydrogen) atoms. The lowest BCUT2D eigenvalue weighted by atomic mass is 9.92. The Balaban J connectivity index is 3.14. The van der Waals surface area contributed by atoms with Crippen molar-refractivity contribution in [3.63, 3.8) is 0 Å². The second-order valence-corrected chi connectivity index (χ2v) is 6.75. The summed E-state index contributed by atoms with van der Waals surface area (Å²) in [6.45, 7) is 6.20. The first kappa shape index (κ1) is 12.4. The molecule has 1 aromatic heterocycles. The molecule has 1 rings (SSSR count). The van der Waals surface area contributed by atoms with E-state index in [2.05, 4.69) is 30.7 Å². The molecule has 5 heteroatoms. The fourth-order valence-corrected chi connectivity index (χ4v) is 1.69. The molecule has 1 aromatic rings. The zero-order chi connectivity index (χ0) is 11.7. The Hall–Kier alpha value is -0.650. The average molecular weight is 230 g/mol. The van der Waals surface area contributed by atoms with Gasteiger partial charge in [0.25, 0.3) is 0 Å². The molecule has 0 radical (unpaired) electrons. The zero-order valence-corrected chi connectivity index (χ0v) is 10.6. The lowest BCUT2D eigenvalue weighted by Gasteiger charge is -2.30. The topological polar surface area (TPSA) is 55.2 Å². The SMILES string of the molecule is COS(C)(O)c1nccc(C(C)(C)C)n1. The minimum Gasteiger partial charge on any atom is -0.292 e. The van der Waals surface area contributed by atoms with Crippen LogP contribution in [-0.2, 0) is 9.60 Å². The zero-order valence-electron chi connectivity index (χ0n) is 9.81. The van der Waals surface area contributed by atoms with E-state index in [1.165, 1.54) is 7.11 Å². The van der Waals surface area contributed by atoms with Gasteiger partial charge < -0.3 is 0 Å². The van der Waals surface area contributed by atoms with Crippen molar-refractivity contribution in [3.05, 3.63) is 18.0 Å². The molecule has 0 amide bonds. The van der Waals surface area contributed by atoms with Gasteiger partial charge in [-0.3, -0.25) is 8.74 Å². The van der Waals surface area contributed by atoms with Crippen molar-refractivity contribution >= 4 is 10.6 Å². The maximum absolute atomic E-state index is 9.92. The minimum absolute atomic E-state index is 0.0546. The quantitative estimate of drug-likeness (QED) is 0.793. The highest BCUT2D eigenvalue weighted by Crippen LogP contribution is 2.46. The van der Waals surface area contributed by atoms with Gasteiger partial charge in [0.05, 0.1) is 12.8 Å². The predicted octanol–water partition coefficient (Wildman–Crippen LogP) is 2.60. The van der Waals surface area contributed by atoms with Crippen LogP contribution in [0, 0.1) is 0 Å². The van der Waals surface area contributed by atoms with Crippen LogP contribution >= 0.6 is 10.6 Å². The monoisotopic (exact) mass is 230 g/mol. The third kappa shape index (κ3) is 2.90. The number of hydrogen-bond acceptors (Lipinski definition) is 4. The van der Waals surface area contributed by atoms with Crippen LogP contribution in [0.25, 0.3) is 0 Å². The summed E-state index contributed by atoms with van der Waals surface area (Å²) in [5, 5.41) is 0.373. The van der Waals surface area contributed by atoms with Crippen molar-refractivity contribution in [2.75, 3.05) is 13.4 Å². The third-order valence-electron chi connectivity index (χ3n) is 2.07. The maximum atomic E-state index is 9.92. The van der Waals surface area contributed by atoms with E-state index in [0.717, 1.165) is 5.69 Å². The first-order chi connectivity index (χ1) is 6.77. The van der Waals surface area contributed by atoms with E-state index < -0.39 is 10.6 Å². The molecule has 0 bridgehead atoms. The van der Waals surface area contributed by atoms with Crippen molar-refractivity contribution < 1.29 is 8.74 Å². The van der Waals surface area contributed by atoms with E-state index in [0.29, 0.717) is 5.16 Å². The minimum atomic E-state index is -2.30. The summed E-state index contributed by atoms with van der Waals surface area (Å²) in [4.78, 5) is 8.38. The van der Waals surface area contributed by atoms with Gasteiger partial charge in [-0.05, 0) is 6.07 Å². The molecule has 0 saturated heterocycles. The van der Waals surface area contributed by atoms with Gasteiger partial charge in [0, 0.05) is 17.9 Å². The lowest BCUT2D eigenvalue weighted by Crippen LogP contribution is -2.16. The predicted molar refractivity (Wildman–Crippen MR) is 62.2 cm³/mol. The average Bonchev–Trinajstić information content (AvgIpc) is 2.17. The summed E-state index contributed by atoms with van der Waals surface area (Å²) >= 11 is 0. The van der Waals surface area contributed by atoms with Crippen LogP contribution in [0.5, 0.6) is 0 Å². The molecule has 0 fully saturated rings. The third-order valence-corrected chi connectivity index (χ3v) is 3.59. The number of rotatable bonds is 2. The Labute approximate surface area is 92.4 Å². The molecule has 1 N–H and O–H groups in total. The number of aromatic nitrogens is 2. The molecular weight excluding hydrogens is 212 g/mol. The van der Waals surface area contributed by atoms with Gasteiger partial charge in [-0.2, -0.15) is 0 Å². The molecular formula is C10H18N2O2S. The molecule has 1 unspecified atom stereocenters. The summed E-state index contributed by atoms with van der Waals surface area (Å²) < 4.78 is 14.9. The highest BCUT2D eigenvalue weighted by molar-refractivity contribution is 8.24. The van der Waals surface area contributed by atoms with Gasteiger partial charge in [-0.1, -0.05) is 20.8 Å². The first-order valence-electron chi connectivity index (χ1n) is 4.67. The normalized spacial score (nSPS) is 18.3. The van der Waals surface area contributed by atoms with Gasteiger partial charge in [0.1, 0.15) is 0 Å². The van der Waals surface area contributed by atoms with Crippen LogP contribution in [0.15, 0.2) is 17.4 Å². The smallest absolute Gasteiger partial charge is 0.241 e. The fraction of sp³-hybridized carbons (Fsp3) is 0.600. The molecule has 4 nitrogen and oxygen atoms in total. The fourth-order valence-electron chi connectivity index (χ4n) is 1.02.